The smallest absolute Gasteiger partial charge is 0.164 e. The van der Waals surface area contributed by atoms with Crippen LogP contribution in [0.3, 0.4) is 0 Å². The van der Waals surface area contributed by atoms with Gasteiger partial charge in [0.1, 0.15) is 5.58 Å². The van der Waals surface area contributed by atoms with E-state index >= 15 is 0 Å². The maximum atomic E-state index is 7.12. The van der Waals surface area contributed by atoms with Gasteiger partial charge < -0.3 is 9.32 Å². The van der Waals surface area contributed by atoms with Crippen LogP contribution in [0.25, 0.3) is 99.5 Å². The van der Waals surface area contributed by atoms with Gasteiger partial charge in [-0.1, -0.05) is 170 Å². The third kappa shape index (κ3) is 6.23. The molecular formula is C57H36N4O. The van der Waals surface area contributed by atoms with Crippen molar-refractivity contribution in [1.82, 2.24) is 15.0 Å². The van der Waals surface area contributed by atoms with Crippen molar-refractivity contribution in [2.75, 3.05) is 4.90 Å². The van der Waals surface area contributed by atoms with Crippen LogP contribution in [0.5, 0.6) is 0 Å². The van der Waals surface area contributed by atoms with Gasteiger partial charge in [0.05, 0.1) is 5.69 Å². The van der Waals surface area contributed by atoms with E-state index in [4.69, 9.17) is 19.4 Å². The third-order valence-corrected chi connectivity index (χ3v) is 11.8. The molecule has 0 aliphatic rings. The van der Waals surface area contributed by atoms with Crippen molar-refractivity contribution in [3.8, 4) is 45.3 Å². The molecule has 0 fully saturated rings. The summed E-state index contributed by atoms with van der Waals surface area (Å²) >= 11 is 0. The van der Waals surface area contributed by atoms with Gasteiger partial charge in [-0.15, -0.1) is 0 Å². The van der Waals surface area contributed by atoms with Crippen LogP contribution in [0.1, 0.15) is 0 Å². The monoisotopic (exact) mass is 792 g/mol. The first-order valence-corrected chi connectivity index (χ1v) is 20.8. The third-order valence-electron chi connectivity index (χ3n) is 11.8. The maximum Gasteiger partial charge on any atom is 0.164 e. The quantitative estimate of drug-likeness (QED) is 0.161. The van der Waals surface area contributed by atoms with Crippen LogP contribution in [0.15, 0.2) is 223 Å². The van der Waals surface area contributed by atoms with Crippen molar-refractivity contribution in [1.29, 1.82) is 0 Å². The van der Waals surface area contributed by atoms with Crippen molar-refractivity contribution in [2.45, 2.75) is 0 Å². The lowest BCUT2D eigenvalue weighted by molar-refractivity contribution is 0.669. The Hall–Kier alpha value is -8.41. The molecule has 12 aromatic rings. The molecule has 0 amide bonds. The number of hydrogen-bond acceptors (Lipinski definition) is 5. The normalized spacial score (nSPS) is 11.5. The Balaban J connectivity index is 1.06. The fourth-order valence-electron chi connectivity index (χ4n) is 8.75. The Morgan fingerprint density at radius 3 is 1.52 bits per heavy atom. The number of furan rings is 1. The van der Waals surface area contributed by atoms with E-state index < -0.39 is 0 Å². The highest BCUT2D eigenvalue weighted by molar-refractivity contribution is 6.19. The number of rotatable bonds is 7. The molecule has 10 aromatic carbocycles. The zero-order valence-electron chi connectivity index (χ0n) is 33.5. The molecule has 2 heterocycles. The summed E-state index contributed by atoms with van der Waals surface area (Å²) in [6.07, 6.45) is 0. The van der Waals surface area contributed by atoms with E-state index in [0.29, 0.717) is 17.5 Å². The van der Waals surface area contributed by atoms with Gasteiger partial charge in [0.15, 0.2) is 23.1 Å². The van der Waals surface area contributed by atoms with Crippen LogP contribution < -0.4 is 4.90 Å². The Morgan fingerprint density at radius 1 is 0.306 bits per heavy atom. The van der Waals surface area contributed by atoms with Crippen LogP contribution in [0, 0.1) is 0 Å². The molecule has 5 nitrogen and oxygen atoms in total. The Kier molecular flexibility index (Phi) is 8.42. The summed E-state index contributed by atoms with van der Waals surface area (Å²) in [5.74, 6) is 1.80. The van der Waals surface area contributed by atoms with Crippen molar-refractivity contribution < 1.29 is 4.42 Å². The van der Waals surface area contributed by atoms with Crippen molar-refractivity contribution >= 4 is 71.3 Å². The molecule has 0 N–H and O–H groups in total. The Labute approximate surface area is 357 Å². The van der Waals surface area contributed by atoms with Gasteiger partial charge in [-0.25, -0.2) is 15.0 Å². The van der Waals surface area contributed by atoms with E-state index in [-0.39, 0.29) is 0 Å². The van der Waals surface area contributed by atoms with E-state index in [2.05, 4.69) is 193 Å². The van der Waals surface area contributed by atoms with Crippen LogP contribution in [0.4, 0.5) is 17.1 Å². The molecule has 0 aliphatic heterocycles. The first kappa shape index (κ1) is 35.5. The molecule has 0 saturated carbocycles. The molecule has 5 heteroatoms. The SMILES string of the molecule is c1ccc(-c2ccc(N(c3ccc4ccccc4c3)c3c4ccccc4cc4c3oc3cc(-c5nc(-c6ccccc6)nc(-c6ccc7ccccc7c6)n5)ccc34)cc2)cc1. The summed E-state index contributed by atoms with van der Waals surface area (Å²) in [6, 6.07) is 76.5. The van der Waals surface area contributed by atoms with Gasteiger partial charge in [-0.05, 0) is 86.6 Å². The minimum atomic E-state index is 0.575. The average Bonchev–Trinajstić information content (AvgIpc) is 3.71. The summed E-state index contributed by atoms with van der Waals surface area (Å²) in [6.45, 7) is 0. The number of anilines is 3. The second kappa shape index (κ2) is 14.7. The van der Waals surface area contributed by atoms with Crippen molar-refractivity contribution in [2.24, 2.45) is 0 Å². The van der Waals surface area contributed by atoms with Gasteiger partial charge in [0.2, 0.25) is 0 Å². The molecule has 0 spiro atoms. The molecule has 62 heavy (non-hydrogen) atoms. The van der Waals surface area contributed by atoms with E-state index in [1.165, 1.54) is 16.3 Å². The van der Waals surface area contributed by atoms with Crippen LogP contribution in [-0.2, 0) is 0 Å². The number of hydrogen-bond donors (Lipinski definition) is 0. The van der Waals surface area contributed by atoms with E-state index in [9.17, 15) is 0 Å². The maximum absolute atomic E-state index is 7.12. The molecule has 0 unspecified atom stereocenters. The summed E-state index contributed by atoms with van der Waals surface area (Å²) in [5.41, 5.74) is 9.61. The first-order valence-electron chi connectivity index (χ1n) is 20.8. The van der Waals surface area contributed by atoms with Gasteiger partial charge in [-0.3, -0.25) is 0 Å². The topological polar surface area (TPSA) is 55.1 Å². The highest BCUT2D eigenvalue weighted by Gasteiger charge is 2.24. The summed E-state index contributed by atoms with van der Waals surface area (Å²) in [5, 5.41) is 8.90. The van der Waals surface area contributed by atoms with Crippen molar-refractivity contribution in [3.05, 3.63) is 218 Å². The van der Waals surface area contributed by atoms with Gasteiger partial charge in [-0.2, -0.15) is 0 Å². The molecule has 0 atom stereocenters. The minimum Gasteiger partial charge on any atom is -0.454 e. The van der Waals surface area contributed by atoms with E-state index in [0.717, 1.165) is 82.8 Å². The molecule has 290 valence electrons. The Morgan fingerprint density at radius 2 is 0.806 bits per heavy atom. The zero-order chi connectivity index (χ0) is 41.0. The first-order chi connectivity index (χ1) is 30.7. The lowest BCUT2D eigenvalue weighted by Crippen LogP contribution is -2.11. The fourth-order valence-corrected chi connectivity index (χ4v) is 8.75. The second-order valence-electron chi connectivity index (χ2n) is 15.6. The largest absolute Gasteiger partial charge is 0.454 e. The van der Waals surface area contributed by atoms with Crippen LogP contribution >= 0.6 is 0 Å². The standard InChI is InChI=1S/C57H36N4O/c1-3-13-37(14-4-1)40-25-29-47(30-26-40)61(48-31-27-39-16-8-10-20-43(39)34-48)53-49-22-12-11-21-44(49)35-51-50-32-28-46(36-52(50)62-54(51)53)57-59-55(41-17-5-2-6-18-41)58-56(60-57)45-24-23-38-15-7-9-19-42(38)33-45/h1-36H. The van der Waals surface area contributed by atoms with Gasteiger partial charge in [0, 0.05) is 44.2 Å². The molecule has 0 bridgehead atoms. The van der Waals surface area contributed by atoms with Crippen molar-refractivity contribution in [3.63, 3.8) is 0 Å². The predicted octanol–water partition coefficient (Wildman–Crippen LogP) is 15.4. The number of fused-ring (bicyclic) bond motifs is 6. The summed E-state index contributed by atoms with van der Waals surface area (Å²) in [4.78, 5) is 17.6. The average molecular weight is 793 g/mol. The molecule has 0 aliphatic carbocycles. The molecule has 12 rings (SSSR count). The highest BCUT2D eigenvalue weighted by Crippen LogP contribution is 2.47. The van der Waals surface area contributed by atoms with Crippen LogP contribution in [0.2, 0.25) is 0 Å². The predicted molar refractivity (Wildman–Crippen MR) is 256 cm³/mol. The van der Waals surface area contributed by atoms with E-state index in [1.54, 1.807) is 0 Å². The lowest BCUT2D eigenvalue weighted by atomic mass is 10.0. The summed E-state index contributed by atoms with van der Waals surface area (Å²) in [7, 11) is 0. The summed E-state index contributed by atoms with van der Waals surface area (Å²) < 4.78 is 7.12. The van der Waals surface area contributed by atoms with Gasteiger partial charge in [0.25, 0.3) is 0 Å². The minimum absolute atomic E-state index is 0.575. The molecule has 2 aromatic heterocycles. The fraction of sp³-hybridized carbons (Fsp3) is 0. The second-order valence-corrected chi connectivity index (χ2v) is 15.6. The van der Waals surface area contributed by atoms with Gasteiger partial charge >= 0.3 is 0 Å². The zero-order valence-corrected chi connectivity index (χ0v) is 33.5. The van der Waals surface area contributed by atoms with Crippen LogP contribution in [-0.4, -0.2) is 15.0 Å². The number of benzene rings is 10. The number of aromatic nitrogens is 3. The molecule has 0 saturated heterocycles. The lowest BCUT2D eigenvalue weighted by Gasteiger charge is -2.27. The Bertz CT molecular complexity index is 3640. The molecule has 0 radical (unpaired) electrons. The highest BCUT2D eigenvalue weighted by atomic mass is 16.3. The molecular weight excluding hydrogens is 757 g/mol. The number of nitrogens with zero attached hydrogens (tertiary/aromatic N) is 4. The van der Waals surface area contributed by atoms with E-state index in [1.807, 2.05) is 30.3 Å².